The Morgan fingerprint density at radius 2 is 1.82 bits per heavy atom. The Morgan fingerprint density at radius 1 is 1.18 bits per heavy atom. The summed E-state index contributed by atoms with van der Waals surface area (Å²) in [5, 5.41) is 16.9. The molecule has 0 radical (unpaired) electrons. The lowest BCUT2D eigenvalue weighted by molar-refractivity contribution is 0.0930. The maximum Gasteiger partial charge on any atom is 0.276 e. The van der Waals surface area contributed by atoms with Crippen molar-refractivity contribution < 1.29 is 14.6 Å². The van der Waals surface area contributed by atoms with Gasteiger partial charge in [-0.2, -0.15) is 9.78 Å². The second-order valence-corrected chi connectivity index (χ2v) is 6.99. The van der Waals surface area contributed by atoms with E-state index in [2.05, 4.69) is 26.3 Å². The third kappa shape index (κ3) is 4.23. The van der Waals surface area contributed by atoms with Crippen molar-refractivity contribution in [2.24, 2.45) is 0 Å². The van der Waals surface area contributed by atoms with Crippen molar-refractivity contribution in [2.75, 3.05) is 7.11 Å². The summed E-state index contributed by atoms with van der Waals surface area (Å²) in [7, 11) is 1.58. The van der Waals surface area contributed by atoms with Gasteiger partial charge in [-0.1, -0.05) is 28.1 Å². The largest absolute Gasteiger partial charge is 0.505 e. The Bertz CT molecular complexity index is 1050. The monoisotopic (exact) mass is 443 g/mol. The molecule has 2 aromatic carbocycles. The molecular weight excluding hydrogens is 426 g/mol. The predicted molar refractivity (Wildman–Crippen MR) is 108 cm³/mol. The van der Waals surface area contributed by atoms with Crippen LogP contribution in [0.5, 0.6) is 11.5 Å². The Kier molecular flexibility index (Phi) is 5.79. The van der Waals surface area contributed by atoms with E-state index >= 15 is 0 Å². The second kappa shape index (κ2) is 8.26. The van der Waals surface area contributed by atoms with Crippen LogP contribution in [0.1, 0.15) is 29.0 Å². The Morgan fingerprint density at radius 3 is 2.43 bits per heavy atom. The topological polar surface area (TPSA) is 93.5 Å². The smallest absolute Gasteiger partial charge is 0.276 e. The molecule has 2 N–H and O–H groups in total. The summed E-state index contributed by atoms with van der Waals surface area (Å²) in [5.74, 6) is -0.354. The van der Waals surface area contributed by atoms with Gasteiger partial charge in [0.25, 0.3) is 11.5 Å². The molecule has 1 heterocycles. The number of nitrogens with zero attached hydrogens (tertiary/aromatic N) is 2. The number of hydrogen-bond acceptors (Lipinski definition) is 5. The fraction of sp³-hybridized carbons (Fsp3) is 0.150. The van der Waals surface area contributed by atoms with E-state index in [0.717, 1.165) is 20.8 Å². The predicted octanol–water partition coefficient (Wildman–Crippen LogP) is 3.20. The highest BCUT2D eigenvalue weighted by Gasteiger charge is 2.19. The van der Waals surface area contributed by atoms with Crippen LogP contribution >= 0.6 is 15.9 Å². The third-order valence-electron chi connectivity index (χ3n) is 4.16. The van der Waals surface area contributed by atoms with Gasteiger partial charge in [-0.25, -0.2) is 0 Å². The number of halogens is 1. The zero-order valence-electron chi connectivity index (χ0n) is 15.2. The molecule has 8 heteroatoms. The van der Waals surface area contributed by atoms with E-state index < -0.39 is 17.2 Å². The second-order valence-electron chi connectivity index (χ2n) is 6.07. The van der Waals surface area contributed by atoms with Crippen LogP contribution < -0.4 is 15.6 Å². The number of benzene rings is 2. The average molecular weight is 444 g/mol. The highest BCUT2D eigenvalue weighted by atomic mass is 79.9. The number of nitrogens with one attached hydrogen (secondary N) is 1. The van der Waals surface area contributed by atoms with Gasteiger partial charge >= 0.3 is 0 Å². The minimum atomic E-state index is -0.591. The van der Waals surface area contributed by atoms with Gasteiger partial charge in [-0.05, 0) is 48.9 Å². The molecule has 0 spiro atoms. The quantitative estimate of drug-likeness (QED) is 0.631. The molecule has 0 fully saturated rings. The molecule has 3 rings (SSSR count). The summed E-state index contributed by atoms with van der Waals surface area (Å²) in [6.07, 6.45) is 0. The lowest BCUT2D eigenvalue weighted by Crippen LogP contribution is -2.30. The summed E-state index contributed by atoms with van der Waals surface area (Å²) in [5.41, 5.74) is 0.558. The van der Waals surface area contributed by atoms with Crippen molar-refractivity contribution in [1.29, 1.82) is 0 Å². The molecule has 1 unspecified atom stereocenters. The average Bonchev–Trinajstić information content (AvgIpc) is 2.69. The highest BCUT2D eigenvalue weighted by molar-refractivity contribution is 9.10. The number of aromatic hydroxyl groups is 1. The van der Waals surface area contributed by atoms with Crippen molar-refractivity contribution >= 4 is 21.8 Å². The zero-order valence-corrected chi connectivity index (χ0v) is 16.8. The molecule has 144 valence electrons. The van der Waals surface area contributed by atoms with E-state index in [1.54, 1.807) is 43.5 Å². The van der Waals surface area contributed by atoms with Crippen LogP contribution in [0.25, 0.3) is 5.69 Å². The lowest BCUT2D eigenvalue weighted by atomic mass is 10.1. The van der Waals surface area contributed by atoms with Crippen LogP contribution in [0.4, 0.5) is 0 Å². The SMILES string of the molecule is COc1ccc(C(C)NC(=O)c2nn(-c3ccc(Br)cc3)c(=O)cc2O)cc1. The summed E-state index contributed by atoms with van der Waals surface area (Å²) < 4.78 is 7.03. The van der Waals surface area contributed by atoms with Crippen molar-refractivity contribution in [3.63, 3.8) is 0 Å². The molecule has 7 nitrogen and oxygen atoms in total. The molecule has 1 aromatic heterocycles. The number of aromatic nitrogens is 2. The van der Waals surface area contributed by atoms with Crippen molar-refractivity contribution in [3.8, 4) is 17.2 Å². The van der Waals surface area contributed by atoms with E-state index in [-0.39, 0.29) is 11.7 Å². The fourth-order valence-corrected chi connectivity index (χ4v) is 2.88. The number of carbonyl (C=O) groups is 1. The molecule has 0 saturated carbocycles. The number of hydrogen-bond donors (Lipinski definition) is 2. The van der Waals surface area contributed by atoms with Gasteiger partial charge in [-0.15, -0.1) is 0 Å². The van der Waals surface area contributed by atoms with Crippen LogP contribution in [0.3, 0.4) is 0 Å². The standard InChI is InChI=1S/C20H18BrN3O4/c1-12(13-3-9-16(28-2)10-4-13)22-20(27)19-17(25)11-18(26)24(23-19)15-7-5-14(21)6-8-15/h3-12,25H,1-2H3,(H,22,27). The lowest BCUT2D eigenvalue weighted by Gasteiger charge is -2.15. The van der Waals surface area contributed by atoms with Gasteiger partial charge in [0.1, 0.15) is 5.75 Å². The number of methoxy groups -OCH3 is 1. The van der Waals surface area contributed by atoms with Crippen LogP contribution in [0.15, 0.2) is 63.9 Å². The van der Waals surface area contributed by atoms with E-state index in [9.17, 15) is 14.7 Å². The molecule has 0 aliphatic rings. The summed E-state index contributed by atoms with van der Waals surface area (Å²) >= 11 is 3.32. The van der Waals surface area contributed by atoms with E-state index in [1.807, 2.05) is 19.1 Å². The minimum Gasteiger partial charge on any atom is -0.505 e. The van der Waals surface area contributed by atoms with E-state index in [1.165, 1.54) is 0 Å². The van der Waals surface area contributed by atoms with Gasteiger partial charge in [0.05, 0.1) is 18.8 Å². The maximum absolute atomic E-state index is 12.6. The highest BCUT2D eigenvalue weighted by Crippen LogP contribution is 2.19. The Balaban J connectivity index is 1.87. The van der Waals surface area contributed by atoms with Gasteiger partial charge in [0.15, 0.2) is 11.4 Å². The molecule has 1 atom stereocenters. The first kappa shape index (κ1) is 19.6. The molecule has 28 heavy (non-hydrogen) atoms. The number of amides is 1. The number of carbonyl (C=O) groups excluding carboxylic acids is 1. The third-order valence-corrected chi connectivity index (χ3v) is 4.69. The van der Waals surface area contributed by atoms with Crippen molar-refractivity contribution in [1.82, 2.24) is 15.1 Å². The number of rotatable bonds is 5. The van der Waals surface area contributed by atoms with Gasteiger partial charge in [0.2, 0.25) is 0 Å². The molecular formula is C20H18BrN3O4. The Hall–Kier alpha value is -3.13. The van der Waals surface area contributed by atoms with Crippen LogP contribution in [-0.4, -0.2) is 27.9 Å². The van der Waals surface area contributed by atoms with Crippen LogP contribution in [-0.2, 0) is 0 Å². The fourth-order valence-electron chi connectivity index (χ4n) is 2.62. The molecule has 0 bridgehead atoms. The summed E-state index contributed by atoms with van der Waals surface area (Å²) in [6.45, 7) is 1.81. The molecule has 1 amide bonds. The molecule has 0 aliphatic carbocycles. The normalized spacial score (nSPS) is 11.7. The van der Waals surface area contributed by atoms with Gasteiger partial charge < -0.3 is 15.2 Å². The Labute approximate surface area is 169 Å². The molecule has 3 aromatic rings. The first-order valence-corrected chi connectivity index (χ1v) is 9.22. The van der Waals surface area contributed by atoms with Gasteiger partial charge in [0, 0.05) is 10.5 Å². The minimum absolute atomic E-state index is 0.233. The maximum atomic E-state index is 12.6. The summed E-state index contributed by atoms with van der Waals surface area (Å²) in [4.78, 5) is 24.8. The van der Waals surface area contributed by atoms with Crippen molar-refractivity contribution in [3.05, 3.63) is 80.7 Å². The first-order valence-electron chi connectivity index (χ1n) is 8.43. The van der Waals surface area contributed by atoms with E-state index in [0.29, 0.717) is 11.4 Å². The summed E-state index contributed by atoms with van der Waals surface area (Å²) in [6, 6.07) is 14.7. The molecule has 0 aliphatic heterocycles. The van der Waals surface area contributed by atoms with Gasteiger partial charge in [-0.3, -0.25) is 9.59 Å². The van der Waals surface area contributed by atoms with Crippen LogP contribution in [0.2, 0.25) is 0 Å². The van der Waals surface area contributed by atoms with E-state index in [4.69, 9.17) is 4.74 Å². The zero-order chi connectivity index (χ0) is 20.3. The van der Waals surface area contributed by atoms with Crippen molar-refractivity contribution in [2.45, 2.75) is 13.0 Å². The first-order chi connectivity index (χ1) is 13.4. The molecule has 0 saturated heterocycles. The number of ether oxygens (including phenoxy) is 1. The van der Waals surface area contributed by atoms with Crippen LogP contribution in [0, 0.1) is 0 Å².